The lowest BCUT2D eigenvalue weighted by Crippen LogP contribution is -2.46. The third-order valence-electron chi connectivity index (χ3n) is 2.07. The van der Waals surface area contributed by atoms with E-state index in [4.69, 9.17) is 10.3 Å². The third kappa shape index (κ3) is 3.63. The number of morpholine rings is 1. The van der Waals surface area contributed by atoms with E-state index in [0.29, 0.717) is 6.54 Å². The van der Waals surface area contributed by atoms with E-state index in [1.54, 1.807) is 0 Å². The first kappa shape index (κ1) is 10.3. The van der Waals surface area contributed by atoms with Gasteiger partial charge >= 0.3 is 0 Å². The smallest absolute Gasteiger partial charge is 0.0678 e. The molecule has 0 saturated carbocycles. The lowest BCUT2D eigenvalue weighted by Gasteiger charge is -2.34. The zero-order valence-corrected chi connectivity index (χ0v) is 8.18. The zero-order valence-electron chi connectivity index (χ0n) is 8.18. The quantitative estimate of drug-likeness (QED) is 0.378. The predicted octanol–water partition coefficient (Wildman–Crippen LogP) is 1.41. The maximum Gasteiger partial charge on any atom is 0.0678 e. The van der Waals surface area contributed by atoms with Crippen molar-refractivity contribution in [3.63, 3.8) is 0 Å². The molecule has 0 N–H and O–H groups in total. The number of ether oxygens (including phenoxy) is 1. The number of rotatable bonds is 3. The van der Waals surface area contributed by atoms with Gasteiger partial charge in [-0.05, 0) is 19.4 Å². The van der Waals surface area contributed by atoms with E-state index in [1.807, 2.05) is 0 Å². The fraction of sp³-hybridized carbons (Fsp3) is 1.00. The molecule has 0 radical (unpaired) electrons. The van der Waals surface area contributed by atoms with Crippen molar-refractivity contribution in [2.75, 3.05) is 26.2 Å². The van der Waals surface area contributed by atoms with Gasteiger partial charge in [0.1, 0.15) is 0 Å². The molecule has 0 aromatic carbocycles. The maximum atomic E-state index is 8.11. The lowest BCUT2D eigenvalue weighted by molar-refractivity contribution is -0.0669. The van der Waals surface area contributed by atoms with E-state index in [-0.39, 0.29) is 12.2 Å². The van der Waals surface area contributed by atoms with Gasteiger partial charge in [-0.1, -0.05) is 5.11 Å². The van der Waals surface area contributed by atoms with Gasteiger partial charge in [-0.25, -0.2) is 0 Å². The molecule has 0 aromatic rings. The molecule has 0 aromatic heterocycles. The van der Waals surface area contributed by atoms with Gasteiger partial charge in [0.2, 0.25) is 0 Å². The molecule has 1 saturated heterocycles. The highest BCUT2D eigenvalue weighted by Gasteiger charge is 2.20. The molecule has 1 fully saturated rings. The summed E-state index contributed by atoms with van der Waals surface area (Å²) in [7, 11) is 0. The monoisotopic (exact) mass is 184 g/mol. The Bertz CT molecular complexity index is 192. The summed E-state index contributed by atoms with van der Waals surface area (Å²) in [5.74, 6) is 0. The van der Waals surface area contributed by atoms with Gasteiger partial charge in [-0.15, -0.1) is 0 Å². The lowest BCUT2D eigenvalue weighted by atomic mass is 10.2. The molecule has 0 spiro atoms. The molecule has 0 bridgehead atoms. The summed E-state index contributed by atoms with van der Waals surface area (Å²) in [5.41, 5.74) is 8.11. The number of azide groups is 1. The molecule has 0 aliphatic carbocycles. The molecule has 0 amide bonds. The van der Waals surface area contributed by atoms with E-state index >= 15 is 0 Å². The van der Waals surface area contributed by atoms with Gasteiger partial charge < -0.3 is 4.74 Å². The second-order valence-corrected chi connectivity index (χ2v) is 3.47. The molecule has 74 valence electrons. The van der Waals surface area contributed by atoms with Gasteiger partial charge in [0.15, 0.2) is 0 Å². The summed E-state index contributed by atoms with van der Waals surface area (Å²) in [6, 6.07) is 0. The fourth-order valence-corrected chi connectivity index (χ4v) is 1.70. The Balaban J connectivity index is 2.28. The minimum atomic E-state index is 0.287. The second-order valence-electron chi connectivity index (χ2n) is 3.47. The fourth-order valence-electron chi connectivity index (χ4n) is 1.70. The normalized spacial score (nSPS) is 29.7. The maximum absolute atomic E-state index is 8.11. The standard InChI is InChI=1S/C8H16N4O/c1-7-5-12(4-3-10-11-9)6-8(2)13-7/h7-8H,3-6H2,1-2H3/t7-,8+. The average Bonchev–Trinajstić information content (AvgIpc) is 2.03. The molecular formula is C8H16N4O. The first-order valence-corrected chi connectivity index (χ1v) is 4.61. The summed E-state index contributed by atoms with van der Waals surface area (Å²) in [6.07, 6.45) is 0.574. The molecule has 0 unspecified atom stereocenters. The Morgan fingerprint density at radius 1 is 1.46 bits per heavy atom. The number of hydrogen-bond donors (Lipinski definition) is 0. The van der Waals surface area contributed by atoms with Gasteiger partial charge in [-0.2, -0.15) is 0 Å². The summed E-state index contributed by atoms with van der Waals surface area (Å²) in [4.78, 5) is 5.00. The van der Waals surface area contributed by atoms with Crippen LogP contribution in [-0.2, 0) is 4.74 Å². The minimum absolute atomic E-state index is 0.287. The van der Waals surface area contributed by atoms with E-state index in [1.165, 1.54) is 0 Å². The molecule has 1 heterocycles. The van der Waals surface area contributed by atoms with Gasteiger partial charge in [0.25, 0.3) is 0 Å². The second kappa shape index (κ2) is 5.07. The van der Waals surface area contributed by atoms with E-state index in [9.17, 15) is 0 Å². The van der Waals surface area contributed by atoms with Crippen LogP contribution >= 0.6 is 0 Å². The summed E-state index contributed by atoms with van der Waals surface area (Å²) < 4.78 is 5.58. The Morgan fingerprint density at radius 2 is 2.08 bits per heavy atom. The topological polar surface area (TPSA) is 61.2 Å². The van der Waals surface area contributed by atoms with Gasteiger partial charge in [-0.3, -0.25) is 4.90 Å². The highest BCUT2D eigenvalue weighted by atomic mass is 16.5. The van der Waals surface area contributed by atoms with Crippen molar-refractivity contribution in [1.82, 2.24) is 4.90 Å². The van der Waals surface area contributed by atoms with Crippen LogP contribution in [0.5, 0.6) is 0 Å². The largest absolute Gasteiger partial charge is 0.373 e. The Kier molecular flexibility index (Phi) is 4.02. The molecule has 5 heteroatoms. The zero-order chi connectivity index (χ0) is 9.68. The van der Waals surface area contributed by atoms with Crippen molar-refractivity contribution in [1.29, 1.82) is 0 Å². The summed E-state index contributed by atoms with van der Waals surface area (Å²) in [5, 5.41) is 3.51. The highest BCUT2D eigenvalue weighted by Crippen LogP contribution is 2.09. The van der Waals surface area contributed by atoms with E-state index in [0.717, 1.165) is 19.6 Å². The molecule has 1 rings (SSSR count). The molecule has 1 aliphatic heterocycles. The van der Waals surface area contributed by atoms with Crippen molar-refractivity contribution in [3.8, 4) is 0 Å². The van der Waals surface area contributed by atoms with Crippen LogP contribution in [0.25, 0.3) is 10.4 Å². The third-order valence-corrected chi connectivity index (χ3v) is 2.07. The molecule has 2 atom stereocenters. The highest BCUT2D eigenvalue weighted by molar-refractivity contribution is 4.73. The summed E-state index contributed by atoms with van der Waals surface area (Å²) >= 11 is 0. The van der Waals surface area contributed by atoms with Crippen LogP contribution in [0.4, 0.5) is 0 Å². The first-order chi connectivity index (χ1) is 6.22. The first-order valence-electron chi connectivity index (χ1n) is 4.61. The van der Waals surface area contributed by atoms with Crippen molar-refractivity contribution < 1.29 is 4.74 Å². The Hall–Kier alpha value is -0.770. The molecule has 13 heavy (non-hydrogen) atoms. The van der Waals surface area contributed by atoms with Crippen LogP contribution in [0.1, 0.15) is 13.8 Å². The van der Waals surface area contributed by atoms with Gasteiger partial charge in [0.05, 0.1) is 12.2 Å². The van der Waals surface area contributed by atoms with Gasteiger partial charge in [0, 0.05) is 31.1 Å². The number of hydrogen-bond acceptors (Lipinski definition) is 3. The minimum Gasteiger partial charge on any atom is -0.373 e. The van der Waals surface area contributed by atoms with Crippen molar-refractivity contribution in [2.45, 2.75) is 26.1 Å². The Labute approximate surface area is 78.3 Å². The Morgan fingerprint density at radius 3 is 2.62 bits per heavy atom. The van der Waals surface area contributed by atoms with Crippen molar-refractivity contribution >= 4 is 0 Å². The van der Waals surface area contributed by atoms with Crippen LogP contribution < -0.4 is 0 Å². The average molecular weight is 184 g/mol. The summed E-state index contributed by atoms with van der Waals surface area (Å²) in [6.45, 7) is 7.39. The van der Waals surface area contributed by atoms with Crippen molar-refractivity contribution in [2.24, 2.45) is 5.11 Å². The van der Waals surface area contributed by atoms with Crippen LogP contribution in [0.3, 0.4) is 0 Å². The predicted molar refractivity (Wildman–Crippen MR) is 50.5 cm³/mol. The van der Waals surface area contributed by atoms with Crippen LogP contribution in [0.2, 0.25) is 0 Å². The van der Waals surface area contributed by atoms with E-state index < -0.39 is 0 Å². The van der Waals surface area contributed by atoms with E-state index in [2.05, 4.69) is 28.8 Å². The van der Waals surface area contributed by atoms with Crippen molar-refractivity contribution in [3.05, 3.63) is 10.4 Å². The number of nitrogens with zero attached hydrogens (tertiary/aromatic N) is 4. The molecule has 1 aliphatic rings. The molecule has 5 nitrogen and oxygen atoms in total. The SMILES string of the molecule is C[C@@H]1CN(CCN=[N+]=[N-])C[C@H](C)O1. The van der Waals surface area contributed by atoms with Crippen LogP contribution in [0.15, 0.2) is 5.11 Å². The van der Waals surface area contributed by atoms with Crippen LogP contribution in [0, 0.1) is 0 Å². The van der Waals surface area contributed by atoms with Crippen LogP contribution in [-0.4, -0.2) is 43.3 Å². The molecular weight excluding hydrogens is 168 g/mol.